The van der Waals surface area contributed by atoms with Crippen molar-refractivity contribution < 1.29 is 0 Å². The van der Waals surface area contributed by atoms with Gasteiger partial charge in [0.2, 0.25) is 0 Å². The molecule has 0 radical (unpaired) electrons. The molecule has 4 heteroatoms. The van der Waals surface area contributed by atoms with Crippen molar-refractivity contribution in [2.75, 3.05) is 0 Å². The van der Waals surface area contributed by atoms with Crippen LogP contribution in [0.2, 0.25) is 0 Å². The fourth-order valence-corrected chi connectivity index (χ4v) is 1.22. The van der Waals surface area contributed by atoms with E-state index in [0.29, 0.717) is 0 Å². The van der Waals surface area contributed by atoms with Crippen molar-refractivity contribution in [2.24, 2.45) is 12.8 Å². The van der Waals surface area contributed by atoms with Crippen LogP contribution in [0.25, 0.3) is 0 Å². The monoisotopic (exact) mass is 196 g/mol. The number of rotatable bonds is 2. The molecule has 0 amide bonds. The van der Waals surface area contributed by atoms with E-state index in [2.05, 4.69) is 37.8 Å². The lowest BCUT2D eigenvalue weighted by Crippen LogP contribution is -2.15. The fourth-order valence-electron chi connectivity index (χ4n) is 1.22. The molecule has 0 saturated heterocycles. The summed E-state index contributed by atoms with van der Waals surface area (Å²) < 4.78 is 1.79. The minimum atomic E-state index is -0.0106. The van der Waals surface area contributed by atoms with E-state index in [9.17, 15) is 0 Å². The Morgan fingerprint density at radius 2 is 2.00 bits per heavy atom. The van der Waals surface area contributed by atoms with Crippen LogP contribution in [0.4, 0.5) is 0 Å². The highest BCUT2D eigenvalue weighted by Gasteiger charge is 2.22. The van der Waals surface area contributed by atoms with Gasteiger partial charge in [0.25, 0.3) is 0 Å². The third-order valence-electron chi connectivity index (χ3n) is 2.24. The molecule has 0 bridgehead atoms. The number of nitrogens with two attached hydrogens (primary N) is 1. The van der Waals surface area contributed by atoms with Gasteiger partial charge in [0.1, 0.15) is 5.82 Å². The molecular formula is C10H20N4. The highest BCUT2D eigenvalue weighted by Crippen LogP contribution is 2.20. The largest absolute Gasteiger partial charge is 0.321 e. The molecule has 0 aliphatic rings. The topological polar surface area (TPSA) is 56.7 Å². The van der Waals surface area contributed by atoms with Gasteiger partial charge in [-0.1, -0.05) is 27.7 Å². The summed E-state index contributed by atoms with van der Waals surface area (Å²) in [7, 11) is 1.90. The molecule has 1 heterocycles. The van der Waals surface area contributed by atoms with Gasteiger partial charge in [-0.05, 0) is 6.42 Å². The standard InChI is InChI=1S/C10H20N4/c1-6-7(11)8-12-9(10(2,3)4)13-14(8)5/h7H,6,11H2,1-5H3. The van der Waals surface area contributed by atoms with Crippen LogP contribution < -0.4 is 5.73 Å². The Bertz CT molecular complexity index is 308. The Hall–Kier alpha value is -0.900. The van der Waals surface area contributed by atoms with Crippen LogP contribution >= 0.6 is 0 Å². The zero-order valence-electron chi connectivity index (χ0n) is 9.70. The Morgan fingerprint density at radius 1 is 1.43 bits per heavy atom. The van der Waals surface area contributed by atoms with Crippen molar-refractivity contribution in [3.63, 3.8) is 0 Å². The van der Waals surface area contributed by atoms with Crippen molar-refractivity contribution in [1.82, 2.24) is 14.8 Å². The van der Waals surface area contributed by atoms with E-state index in [-0.39, 0.29) is 11.5 Å². The second-order valence-electron chi connectivity index (χ2n) is 4.68. The molecule has 14 heavy (non-hydrogen) atoms. The number of hydrogen-bond donors (Lipinski definition) is 1. The first-order valence-electron chi connectivity index (χ1n) is 5.03. The summed E-state index contributed by atoms with van der Waals surface area (Å²) in [5, 5.41) is 4.38. The van der Waals surface area contributed by atoms with E-state index in [1.54, 1.807) is 4.68 Å². The van der Waals surface area contributed by atoms with Crippen molar-refractivity contribution in [2.45, 2.75) is 45.6 Å². The Labute approximate surface area is 85.5 Å². The third-order valence-corrected chi connectivity index (χ3v) is 2.24. The number of hydrogen-bond acceptors (Lipinski definition) is 3. The SMILES string of the molecule is CCC(N)c1nc(C(C)(C)C)nn1C. The van der Waals surface area contributed by atoms with Crippen LogP contribution in [0, 0.1) is 0 Å². The van der Waals surface area contributed by atoms with Gasteiger partial charge in [-0.15, -0.1) is 0 Å². The zero-order valence-corrected chi connectivity index (χ0v) is 9.70. The molecule has 0 aliphatic carbocycles. The van der Waals surface area contributed by atoms with Gasteiger partial charge in [-0.2, -0.15) is 5.10 Å². The third kappa shape index (κ3) is 2.12. The molecule has 4 nitrogen and oxygen atoms in total. The highest BCUT2D eigenvalue weighted by atomic mass is 15.3. The van der Waals surface area contributed by atoms with Crippen LogP contribution in [0.5, 0.6) is 0 Å². The summed E-state index contributed by atoms with van der Waals surface area (Å²) in [6.45, 7) is 8.35. The van der Waals surface area contributed by atoms with E-state index < -0.39 is 0 Å². The summed E-state index contributed by atoms with van der Waals surface area (Å²) in [6, 6.07) is -0.0106. The molecular weight excluding hydrogens is 176 g/mol. The lowest BCUT2D eigenvalue weighted by Gasteiger charge is -2.12. The summed E-state index contributed by atoms with van der Waals surface area (Å²) in [5.41, 5.74) is 5.92. The maximum Gasteiger partial charge on any atom is 0.156 e. The first-order valence-corrected chi connectivity index (χ1v) is 5.03. The van der Waals surface area contributed by atoms with Gasteiger partial charge in [-0.25, -0.2) is 4.98 Å². The van der Waals surface area contributed by atoms with E-state index in [1.165, 1.54) is 0 Å². The first-order chi connectivity index (χ1) is 6.36. The second kappa shape index (κ2) is 3.69. The van der Waals surface area contributed by atoms with E-state index in [1.807, 2.05) is 7.05 Å². The minimum Gasteiger partial charge on any atom is -0.321 e. The molecule has 2 N–H and O–H groups in total. The smallest absolute Gasteiger partial charge is 0.156 e. The van der Waals surface area contributed by atoms with E-state index in [0.717, 1.165) is 18.1 Å². The van der Waals surface area contributed by atoms with Crippen LogP contribution in [0.3, 0.4) is 0 Å². The summed E-state index contributed by atoms with van der Waals surface area (Å²) in [5.74, 6) is 1.73. The van der Waals surface area contributed by atoms with Crippen molar-refractivity contribution in [1.29, 1.82) is 0 Å². The lowest BCUT2D eigenvalue weighted by molar-refractivity contribution is 0.538. The van der Waals surface area contributed by atoms with Crippen LogP contribution in [-0.4, -0.2) is 14.8 Å². The van der Waals surface area contributed by atoms with Crippen molar-refractivity contribution in [3.05, 3.63) is 11.6 Å². The number of nitrogens with zero attached hydrogens (tertiary/aromatic N) is 3. The van der Waals surface area contributed by atoms with Gasteiger partial charge in [0.05, 0.1) is 6.04 Å². The van der Waals surface area contributed by atoms with Crippen LogP contribution in [0.15, 0.2) is 0 Å². The van der Waals surface area contributed by atoms with Gasteiger partial charge in [-0.3, -0.25) is 4.68 Å². The molecule has 1 aromatic rings. The maximum absolute atomic E-state index is 5.93. The number of aryl methyl sites for hydroxylation is 1. The van der Waals surface area contributed by atoms with Crippen molar-refractivity contribution >= 4 is 0 Å². The fraction of sp³-hybridized carbons (Fsp3) is 0.800. The Balaban J connectivity index is 3.05. The first kappa shape index (κ1) is 11.2. The molecule has 1 atom stereocenters. The molecule has 80 valence electrons. The van der Waals surface area contributed by atoms with E-state index >= 15 is 0 Å². The average molecular weight is 196 g/mol. The molecule has 0 aliphatic heterocycles. The molecule has 1 aromatic heterocycles. The Kier molecular flexibility index (Phi) is 2.95. The predicted molar refractivity (Wildman–Crippen MR) is 56.9 cm³/mol. The lowest BCUT2D eigenvalue weighted by atomic mass is 9.96. The predicted octanol–water partition coefficient (Wildman–Crippen LogP) is 1.52. The number of aromatic nitrogens is 3. The Morgan fingerprint density at radius 3 is 2.36 bits per heavy atom. The van der Waals surface area contributed by atoms with Crippen molar-refractivity contribution in [3.8, 4) is 0 Å². The van der Waals surface area contributed by atoms with Gasteiger partial charge < -0.3 is 5.73 Å². The maximum atomic E-state index is 5.93. The van der Waals surface area contributed by atoms with Gasteiger partial charge in [0.15, 0.2) is 5.82 Å². The molecule has 1 rings (SSSR count). The normalized spacial score (nSPS) is 14.4. The quantitative estimate of drug-likeness (QED) is 0.780. The summed E-state index contributed by atoms with van der Waals surface area (Å²) >= 11 is 0. The van der Waals surface area contributed by atoms with E-state index in [4.69, 9.17) is 5.73 Å². The summed E-state index contributed by atoms with van der Waals surface area (Å²) in [6.07, 6.45) is 0.885. The molecule has 0 saturated carbocycles. The van der Waals surface area contributed by atoms with Gasteiger partial charge >= 0.3 is 0 Å². The zero-order chi connectivity index (χ0) is 10.9. The molecule has 1 unspecified atom stereocenters. The molecule has 0 fully saturated rings. The summed E-state index contributed by atoms with van der Waals surface area (Å²) in [4.78, 5) is 4.48. The molecule has 0 aromatic carbocycles. The van der Waals surface area contributed by atoms with Crippen LogP contribution in [0.1, 0.15) is 51.8 Å². The highest BCUT2D eigenvalue weighted by molar-refractivity contribution is 5.05. The minimum absolute atomic E-state index is 0.0104. The van der Waals surface area contributed by atoms with Gasteiger partial charge in [0, 0.05) is 12.5 Å². The second-order valence-corrected chi connectivity index (χ2v) is 4.68. The average Bonchev–Trinajstić information content (AvgIpc) is 2.45. The van der Waals surface area contributed by atoms with Crippen LogP contribution in [-0.2, 0) is 12.5 Å². The molecule has 0 spiro atoms.